The summed E-state index contributed by atoms with van der Waals surface area (Å²) in [5, 5.41) is 11.3. The van der Waals surface area contributed by atoms with E-state index in [-0.39, 0.29) is 10.6 Å². The van der Waals surface area contributed by atoms with Gasteiger partial charge in [-0.2, -0.15) is 4.31 Å². The SMILES string of the molecule is CCCN(CCC)c1ccc([N+](=O)[O-])cc1S(=O)(=O)N1CCC(CC)CC1. The summed E-state index contributed by atoms with van der Waals surface area (Å²) in [6.07, 6.45) is 4.48. The van der Waals surface area contributed by atoms with Crippen LogP contribution < -0.4 is 4.90 Å². The summed E-state index contributed by atoms with van der Waals surface area (Å²) in [5.74, 6) is 0.553. The first kappa shape index (κ1) is 21.6. The predicted molar refractivity (Wildman–Crippen MR) is 108 cm³/mol. The quantitative estimate of drug-likeness (QED) is 0.464. The first-order valence-corrected chi connectivity index (χ1v) is 11.3. The van der Waals surface area contributed by atoms with Crippen LogP contribution in [0.2, 0.25) is 0 Å². The molecule has 0 saturated carbocycles. The molecule has 1 aromatic carbocycles. The molecular formula is C19H31N3O4S. The maximum Gasteiger partial charge on any atom is 0.270 e. The summed E-state index contributed by atoms with van der Waals surface area (Å²) in [4.78, 5) is 12.8. The lowest BCUT2D eigenvalue weighted by atomic mass is 9.96. The molecule has 0 N–H and O–H groups in total. The number of benzene rings is 1. The Bertz CT molecular complexity index is 737. The van der Waals surface area contributed by atoms with Crippen LogP contribution in [-0.2, 0) is 10.0 Å². The predicted octanol–water partition coefficient (Wildman–Crippen LogP) is 4.03. The summed E-state index contributed by atoms with van der Waals surface area (Å²) in [7, 11) is -3.77. The Morgan fingerprint density at radius 1 is 1.15 bits per heavy atom. The van der Waals surface area contributed by atoms with Crippen molar-refractivity contribution in [1.82, 2.24) is 4.31 Å². The number of nitro groups is 1. The molecule has 1 aliphatic rings. The van der Waals surface area contributed by atoms with Gasteiger partial charge in [-0.05, 0) is 37.7 Å². The van der Waals surface area contributed by atoms with Crippen LogP contribution in [0.3, 0.4) is 0 Å². The van der Waals surface area contributed by atoms with Crippen molar-refractivity contribution in [2.45, 2.75) is 57.8 Å². The van der Waals surface area contributed by atoms with Crippen molar-refractivity contribution in [1.29, 1.82) is 0 Å². The number of piperidine rings is 1. The zero-order chi connectivity index (χ0) is 20.0. The molecule has 0 aromatic heterocycles. The molecule has 1 aromatic rings. The second-order valence-electron chi connectivity index (χ2n) is 7.15. The molecule has 0 unspecified atom stereocenters. The molecular weight excluding hydrogens is 366 g/mol. The summed E-state index contributed by atoms with van der Waals surface area (Å²) in [5.41, 5.74) is 0.385. The second-order valence-corrected chi connectivity index (χ2v) is 9.06. The zero-order valence-corrected chi connectivity index (χ0v) is 17.4. The van der Waals surface area contributed by atoms with E-state index in [1.165, 1.54) is 16.4 Å². The lowest BCUT2D eigenvalue weighted by molar-refractivity contribution is -0.385. The molecule has 1 aliphatic heterocycles. The fraction of sp³-hybridized carbons (Fsp3) is 0.684. The molecule has 8 heteroatoms. The van der Waals surface area contributed by atoms with Gasteiger partial charge in [-0.25, -0.2) is 8.42 Å². The first-order chi connectivity index (χ1) is 12.8. The molecule has 7 nitrogen and oxygen atoms in total. The van der Waals surface area contributed by atoms with Gasteiger partial charge in [-0.15, -0.1) is 0 Å². The van der Waals surface area contributed by atoms with Crippen LogP contribution >= 0.6 is 0 Å². The number of non-ortho nitro benzene ring substituents is 1. The highest BCUT2D eigenvalue weighted by Gasteiger charge is 2.33. The van der Waals surface area contributed by atoms with E-state index in [9.17, 15) is 18.5 Å². The standard InChI is InChI=1S/C19H31N3O4S/c1-4-11-20(12-5-2)18-8-7-17(22(23)24)15-19(18)27(25,26)21-13-9-16(6-3)10-14-21/h7-8,15-16H,4-6,9-14H2,1-3H3. The van der Waals surface area contributed by atoms with Crippen molar-refractivity contribution in [3.05, 3.63) is 28.3 Å². The van der Waals surface area contributed by atoms with Crippen LogP contribution in [0.4, 0.5) is 11.4 Å². The molecule has 27 heavy (non-hydrogen) atoms. The Labute approximate surface area is 162 Å². The molecule has 1 saturated heterocycles. The summed E-state index contributed by atoms with van der Waals surface area (Å²) >= 11 is 0. The number of hydrogen-bond donors (Lipinski definition) is 0. The number of anilines is 1. The van der Waals surface area contributed by atoms with Gasteiger partial charge in [-0.3, -0.25) is 10.1 Å². The second kappa shape index (κ2) is 9.50. The number of rotatable bonds is 9. The molecule has 2 rings (SSSR count). The Morgan fingerprint density at radius 2 is 1.74 bits per heavy atom. The van der Waals surface area contributed by atoms with Crippen molar-refractivity contribution in [3.63, 3.8) is 0 Å². The molecule has 152 valence electrons. The molecule has 0 spiro atoms. The number of sulfonamides is 1. The Balaban J connectivity index is 2.47. The van der Waals surface area contributed by atoms with Gasteiger partial charge in [0, 0.05) is 38.3 Å². The highest BCUT2D eigenvalue weighted by molar-refractivity contribution is 7.89. The van der Waals surface area contributed by atoms with E-state index in [4.69, 9.17) is 0 Å². The number of hydrogen-bond acceptors (Lipinski definition) is 5. The van der Waals surface area contributed by atoms with Crippen LogP contribution in [0.15, 0.2) is 23.1 Å². The molecule has 0 aliphatic carbocycles. The van der Waals surface area contributed by atoms with Gasteiger partial charge in [0.1, 0.15) is 4.90 Å². The average molecular weight is 398 g/mol. The summed E-state index contributed by atoms with van der Waals surface area (Å²) < 4.78 is 28.2. The third kappa shape index (κ3) is 4.99. The third-order valence-corrected chi connectivity index (χ3v) is 7.18. The molecule has 0 bridgehead atoms. The van der Waals surface area contributed by atoms with Gasteiger partial charge in [-0.1, -0.05) is 27.2 Å². The Kier molecular flexibility index (Phi) is 7.61. The van der Waals surface area contributed by atoms with Crippen LogP contribution in [0.5, 0.6) is 0 Å². The van der Waals surface area contributed by atoms with Crippen molar-refractivity contribution < 1.29 is 13.3 Å². The molecule has 0 amide bonds. The Morgan fingerprint density at radius 3 is 2.22 bits per heavy atom. The van der Waals surface area contributed by atoms with Crippen molar-refractivity contribution >= 4 is 21.4 Å². The van der Waals surface area contributed by atoms with E-state index in [1.807, 2.05) is 18.7 Å². The van der Waals surface area contributed by atoms with Gasteiger partial charge in [0.2, 0.25) is 10.0 Å². The first-order valence-electron chi connectivity index (χ1n) is 9.88. The smallest absolute Gasteiger partial charge is 0.270 e. The van der Waals surface area contributed by atoms with Crippen molar-refractivity contribution in [2.24, 2.45) is 5.92 Å². The van der Waals surface area contributed by atoms with E-state index in [1.54, 1.807) is 6.07 Å². The van der Waals surface area contributed by atoms with Crippen molar-refractivity contribution in [2.75, 3.05) is 31.1 Å². The molecule has 1 fully saturated rings. The number of nitrogens with zero attached hydrogens (tertiary/aromatic N) is 3. The van der Waals surface area contributed by atoms with E-state index >= 15 is 0 Å². The largest absolute Gasteiger partial charge is 0.370 e. The monoisotopic (exact) mass is 397 g/mol. The van der Waals surface area contributed by atoms with E-state index < -0.39 is 14.9 Å². The van der Waals surface area contributed by atoms with Gasteiger partial charge in [0.15, 0.2) is 0 Å². The minimum Gasteiger partial charge on any atom is -0.370 e. The van der Waals surface area contributed by atoms with Gasteiger partial charge >= 0.3 is 0 Å². The summed E-state index contributed by atoms with van der Waals surface area (Å²) in [6.45, 7) is 8.59. The van der Waals surface area contributed by atoms with E-state index in [0.29, 0.717) is 37.8 Å². The average Bonchev–Trinajstić information content (AvgIpc) is 2.67. The van der Waals surface area contributed by atoms with Gasteiger partial charge < -0.3 is 4.90 Å². The fourth-order valence-electron chi connectivity index (χ4n) is 3.67. The lowest BCUT2D eigenvalue weighted by Crippen LogP contribution is -2.39. The zero-order valence-electron chi connectivity index (χ0n) is 16.6. The minimum absolute atomic E-state index is 0.0635. The molecule has 0 atom stereocenters. The highest BCUT2D eigenvalue weighted by atomic mass is 32.2. The van der Waals surface area contributed by atoms with E-state index in [2.05, 4.69) is 6.92 Å². The van der Waals surface area contributed by atoms with Crippen molar-refractivity contribution in [3.8, 4) is 0 Å². The minimum atomic E-state index is -3.77. The topological polar surface area (TPSA) is 83.8 Å². The highest BCUT2D eigenvalue weighted by Crippen LogP contribution is 2.34. The van der Waals surface area contributed by atoms with Gasteiger partial charge in [0.25, 0.3) is 5.69 Å². The van der Waals surface area contributed by atoms with Gasteiger partial charge in [0.05, 0.1) is 10.6 Å². The molecule has 1 heterocycles. The summed E-state index contributed by atoms with van der Waals surface area (Å²) in [6, 6.07) is 4.22. The Hall–Kier alpha value is -1.67. The van der Waals surface area contributed by atoms with E-state index in [0.717, 1.165) is 32.1 Å². The normalized spacial score (nSPS) is 16.4. The van der Waals surface area contributed by atoms with Crippen LogP contribution in [0.1, 0.15) is 52.9 Å². The van der Waals surface area contributed by atoms with Crippen LogP contribution in [0, 0.1) is 16.0 Å². The lowest BCUT2D eigenvalue weighted by Gasteiger charge is -2.32. The third-order valence-electron chi connectivity index (χ3n) is 5.25. The number of nitro benzene ring substituents is 1. The van der Waals surface area contributed by atoms with Crippen LogP contribution in [0.25, 0.3) is 0 Å². The maximum atomic E-state index is 13.4. The molecule has 0 radical (unpaired) electrons. The fourth-order valence-corrected chi connectivity index (χ4v) is 5.37. The maximum absolute atomic E-state index is 13.4. The van der Waals surface area contributed by atoms with Crippen LogP contribution in [-0.4, -0.2) is 43.8 Å².